The summed E-state index contributed by atoms with van der Waals surface area (Å²) < 4.78 is 5.08. The van der Waals surface area contributed by atoms with E-state index >= 15 is 0 Å². The first-order chi connectivity index (χ1) is 8.63. The van der Waals surface area contributed by atoms with Crippen molar-refractivity contribution in [2.75, 3.05) is 13.1 Å². The SMILES string of the molecule is CC1=CC(C)CC(CNCCc2nc(C)no2)C1. The maximum Gasteiger partial charge on any atom is 0.227 e. The van der Waals surface area contributed by atoms with Gasteiger partial charge in [0.25, 0.3) is 0 Å². The fraction of sp³-hybridized carbons (Fsp3) is 0.714. The van der Waals surface area contributed by atoms with E-state index in [0.717, 1.165) is 37.2 Å². The molecule has 2 atom stereocenters. The van der Waals surface area contributed by atoms with E-state index in [9.17, 15) is 0 Å². The summed E-state index contributed by atoms with van der Waals surface area (Å²) in [7, 11) is 0. The largest absolute Gasteiger partial charge is 0.339 e. The second kappa shape index (κ2) is 6.14. The lowest BCUT2D eigenvalue weighted by atomic mass is 9.84. The lowest BCUT2D eigenvalue weighted by molar-refractivity contribution is 0.359. The van der Waals surface area contributed by atoms with E-state index in [-0.39, 0.29) is 0 Å². The normalized spacial score (nSPS) is 24.1. The highest BCUT2D eigenvalue weighted by atomic mass is 16.5. The second-order valence-corrected chi connectivity index (χ2v) is 5.49. The maximum atomic E-state index is 5.08. The molecule has 4 nitrogen and oxygen atoms in total. The molecule has 0 radical (unpaired) electrons. The van der Waals surface area contributed by atoms with E-state index in [4.69, 9.17) is 4.52 Å². The zero-order chi connectivity index (χ0) is 13.0. The Kier molecular flexibility index (Phi) is 4.53. The number of rotatable bonds is 5. The number of aromatic nitrogens is 2. The van der Waals surface area contributed by atoms with E-state index < -0.39 is 0 Å². The molecule has 0 saturated carbocycles. The molecule has 100 valence electrons. The average molecular weight is 249 g/mol. The Morgan fingerprint density at radius 3 is 2.94 bits per heavy atom. The summed E-state index contributed by atoms with van der Waals surface area (Å²) >= 11 is 0. The van der Waals surface area contributed by atoms with Gasteiger partial charge in [0.15, 0.2) is 5.82 Å². The quantitative estimate of drug-likeness (QED) is 0.643. The van der Waals surface area contributed by atoms with Gasteiger partial charge in [-0.25, -0.2) is 0 Å². The predicted octanol–water partition coefficient (Wildman–Crippen LogP) is 2.50. The van der Waals surface area contributed by atoms with Gasteiger partial charge < -0.3 is 9.84 Å². The van der Waals surface area contributed by atoms with Gasteiger partial charge in [0.1, 0.15) is 0 Å². The predicted molar refractivity (Wildman–Crippen MR) is 71.3 cm³/mol. The fourth-order valence-corrected chi connectivity index (χ4v) is 2.78. The maximum absolute atomic E-state index is 5.08. The van der Waals surface area contributed by atoms with Crippen LogP contribution in [-0.2, 0) is 6.42 Å². The average Bonchev–Trinajstić information content (AvgIpc) is 2.69. The summed E-state index contributed by atoms with van der Waals surface area (Å²) in [5, 5.41) is 7.28. The Balaban J connectivity index is 1.65. The van der Waals surface area contributed by atoms with Crippen LogP contribution in [0.25, 0.3) is 0 Å². The molecule has 0 saturated heterocycles. The van der Waals surface area contributed by atoms with Crippen LogP contribution >= 0.6 is 0 Å². The van der Waals surface area contributed by atoms with Crippen molar-refractivity contribution in [1.82, 2.24) is 15.5 Å². The second-order valence-electron chi connectivity index (χ2n) is 5.49. The summed E-state index contributed by atoms with van der Waals surface area (Å²) in [6.07, 6.45) is 5.75. The van der Waals surface area contributed by atoms with E-state index in [1.165, 1.54) is 18.4 Å². The Labute approximate surface area is 109 Å². The topological polar surface area (TPSA) is 51.0 Å². The number of hydrogen-bond acceptors (Lipinski definition) is 4. The van der Waals surface area contributed by atoms with Crippen LogP contribution in [-0.4, -0.2) is 23.2 Å². The molecule has 1 N–H and O–H groups in total. The first-order valence-electron chi connectivity index (χ1n) is 6.80. The first-order valence-corrected chi connectivity index (χ1v) is 6.80. The monoisotopic (exact) mass is 249 g/mol. The number of nitrogens with one attached hydrogen (secondary N) is 1. The third-order valence-electron chi connectivity index (χ3n) is 3.40. The van der Waals surface area contributed by atoms with Crippen molar-refractivity contribution in [1.29, 1.82) is 0 Å². The third kappa shape index (κ3) is 3.95. The van der Waals surface area contributed by atoms with Gasteiger partial charge in [-0.1, -0.05) is 23.7 Å². The van der Waals surface area contributed by atoms with Crippen LogP contribution in [0.5, 0.6) is 0 Å². The minimum atomic E-state index is 0.715. The molecule has 4 heteroatoms. The fourth-order valence-electron chi connectivity index (χ4n) is 2.78. The molecule has 0 aromatic carbocycles. The van der Waals surface area contributed by atoms with E-state index in [0.29, 0.717) is 5.82 Å². The minimum Gasteiger partial charge on any atom is -0.339 e. The van der Waals surface area contributed by atoms with Crippen LogP contribution in [0, 0.1) is 18.8 Å². The number of allylic oxidation sites excluding steroid dienone is 2. The Morgan fingerprint density at radius 1 is 1.44 bits per heavy atom. The van der Waals surface area contributed by atoms with Crippen molar-refractivity contribution in [3.63, 3.8) is 0 Å². The highest BCUT2D eigenvalue weighted by molar-refractivity contribution is 5.06. The Hall–Kier alpha value is -1.16. The Morgan fingerprint density at radius 2 is 2.28 bits per heavy atom. The highest BCUT2D eigenvalue weighted by Crippen LogP contribution is 2.27. The Bertz CT molecular complexity index is 411. The molecule has 18 heavy (non-hydrogen) atoms. The van der Waals surface area contributed by atoms with Crippen molar-refractivity contribution < 1.29 is 4.52 Å². The molecule has 2 rings (SSSR count). The molecule has 1 aromatic rings. The van der Waals surface area contributed by atoms with Crippen molar-refractivity contribution in [2.24, 2.45) is 11.8 Å². The number of hydrogen-bond donors (Lipinski definition) is 1. The summed E-state index contributed by atoms with van der Waals surface area (Å²) in [6.45, 7) is 8.39. The van der Waals surface area contributed by atoms with Crippen molar-refractivity contribution >= 4 is 0 Å². The molecule has 1 aliphatic rings. The van der Waals surface area contributed by atoms with Crippen LogP contribution in [0.2, 0.25) is 0 Å². The van der Waals surface area contributed by atoms with Gasteiger partial charge in [0, 0.05) is 13.0 Å². The van der Waals surface area contributed by atoms with Crippen molar-refractivity contribution in [3.8, 4) is 0 Å². The molecule has 0 fully saturated rings. The van der Waals surface area contributed by atoms with E-state index in [2.05, 4.69) is 35.4 Å². The summed E-state index contributed by atoms with van der Waals surface area (Å²) in [4.78, 5) is 4.19. The van der Waals surface area contributed by atoms with Gasteiger partial charge in [0.05, 0.1) is 0 Å². The molecule has 0 bridgehead atoms. The first kappa shape index (κ1) is 13.3. The van der Waals surface area contributed by atoms with Gasteiger partial charge >= 0.3 is 0 Å². The van der Waals surface area contributed by atoms with Crippen LogP contribution in [0.15, 0.2) is 16.2 Å². The van der Waals surface area contributed by atoms with Crippen LogP contribution in [0.3, 0.4) is 0 Å². The molecule has 1 heterocycles. The molecule has 0 amide bonds. The lowest BCUT2D eigenvalue weighted by Gasteiger charge is -2.25. The molecule has 2 unspecified atom stereocenters. The molecule has 1 aliphatic carbocycles. The molecule has 0 spiro atoms. The third-order valence-corrected chi connectivity index (χ3v) is 3.40. The lowest BCUT2D eigenvalue weighted by Crippen LogP contribution is -2.27. The number of nitrogens with zero attached hydrogens (tertiary/aromatic N) is 2. The molecular formula is C14H23N3O. The van der Waals surface area contributed by atoms with E-state index in [1.54, 1.807) is 0 Å². The van der Waals surface area contributed by atoms with Gasteiger partial charge in [-0.15, -0.1) is 0 Å². The molecular weight excluding hydrogens is 226 g/mol. The highest BCUT2D eigenvalue weighted by Gasteiger charge is 2.17. The summed E-state index contributed by atoms with van der Waals surface area (Å²) in [5.41, 5.74) is 1.54. The van der Waals surface area contributed by atoms with Crippen molar-refractivity contribution in [2.45, 2.75) is 40.0 Å². The summed E-state index contributed by atoms with van der Waals surface area (Å²) in [5.74, 6) is 2.94. The molecule has 1 aromatic heterocycles. The van der Waals surface area contributed by atoms with Gasteiger partial charge in [-0.3, -0.25) is 0 Å². The standard InChI is InChI=1S/C14H23N3O/c1-10-6-11(2)8-13(7-10)9-15-5-4-14-16-12(3)17-18-14/h6,10,13,15H,4-5,7-9H2,1-3H3. The van der Waals surface area contributed by atoms with Gasteiger partial charge in [0.2, 0.25) is 5.89 Å². The zero-order valence-corrected chi connectivity index (χ0v) is 11.6. The van der Waals surface area contributed by atoms with Crippen molar-refractivity contribution in [3.05, 3.63) is 23.4 Å². The zero-order valence-electron chi connectivity index (χ0n) is 11.6. The molecule has 0 aliphatic heterocycles. The van der Waals surface area contributed by atoms with E-state index in [1.807, 2.05) is 6.92 Å². The van der Waals surface area contributed by atoms with Crippen LogP contribution in [0.1, 0.15) is 38.4 Å². The smallest absolute Gasteiger partial charge is 0.227 e. The van der Waals surface area contributed by atoms with Crippen LogP contribution < -0.4 is 5.32 Å². The minimum absolute atomic E-state index is 0.715. The number of aryl methyl sites for hydroxylation is 1. The van der Waals surface area contributed by atoms with Gasteiger partial charge in [-0.2, -0.15) is 4.98 Å². The van der Waals surface area contributed by atoms with Gasteiger partial charge in [-0.05, 0) is 45.1 Å². The van der Waals surface area contributed by atoms with Crippen LogP contribution in [0.4, 0.5) is 0 Å². The summed E-state index contributed by atoms with van der Waals surface area (Å²) in [6, 6.07) is 0.